The molecule has 34 heavy (non-hydrogen) atoms. The second-order valence-electron chi connectivity index (χ2n) is 9.22. The van der Waals surface area contributed by atoms with Crippen LogP contribution >= 0.6 is 0 Å². The molecule has 2 aliphatic rings. The number of hydrogen-bond donors (Lipinski definition) is 2. The smallest absolute Gasteiger partial charge is 0.255 e. The van der Waals surface area contributed by atoms with Crippen molar-refractivity contribution >= 4 is 17.5 Å². The van der Waals surface area contributed by atoms with Gasteiger partial charge in [0.25, 0.3) is 5.91 Å². The van der Waals surface area contributed by atoms with E-state index in [1.807, 2.05) is 23.1 Å². The third-order valence-corrected chi connectivity index (χ3v) is 7.16. The number of carbonyl (C=O) groups excluding carboxylic acids is 2. The van der Waals surface area contributed by atoms with Crippen LogP contribution in [0.15, 0.2) is 73.1 Å². The van der Waals surface area contributed by atoms with Crippen LogP contribution in [0.5, 0.6) is 0 Å². The summed E-state index contributed by atoms with van der Waals surface area (Å²) in [6, 6.07) is 18.9. The molecule has 2 aromatic carbocycles. The minimum atomic E-state index is -0.289. The molecule has 1 fully saturated rings. The van der Waals surface area contributed by atoms with Crippen molar-refractivity contribution in [2.75, 3.05) is 11.9 Å². The van der Waals surface area contributed by atoms with E-state index in [4.69, 9.17) is 5.73 Å². The van der Waals surface area contributed by atoms with Gasteiger partial charge in [-0.15, -0.1) is 0 Å². The van der Waals surface area contributed by atoms with Crippen molar-refractivity contribution in [2.24, 2.45) is 5.73 Å². The van der Waals surface area contributed by atoms with Gasteiger partial charge in [0.15, 0.2) is 0 Å². The van der Waals surface area contributed by atoms with Gasteiger partial charge in [-0.3, -0.25) is 14.6 Å². The van der Waals surface area contributed by atoms with Crippen molar-refractivity contribution in [3.05, 3.63) is 95.3 Å². The van der Waals surface area contributed by atoms with Gasteiger partial charge < -0.3 is 16.0 Å². The number of nitrogens with one attached hydrogen (secondary N) is 1. The minimum Gasteiger partial charge on any atom is -0.337 e. The monoisotopic (exact) mass is 454 g/mol. The van der Waals surface area contributed by atoms with Crippen LogP contribution in [-0.4, -0.2) is 34.3 Å². The van der Waals surface area contributed by atoms with Crippen molar-refractivity contribution in [2.45, 2.75) is 50.1 Å². The van der Waals surface area contributed by atoms with Gasteiger partial charge in [-0.05, 0) is 73.1 Å². The number of hydrogen-bond acceptors (Lipinski definition) is 4. The van der Waals surface area contributed by atoms with Gasteiger partial charge in [0.2, 0.25) is 5.91 Å². The first kappa shape index (κ1) is 22.3. The number of likely N-dealkylation sites (tertiary alicyclic amines) is 1. The van der Waals surface area contributed by atoms with Crippen LogP contribution in [0.4, 0.5) is 5.69 Å². The van der Waals surface area contributed by atoms with E-state index in [1.165, 1.54) is 11.1 Å². The standard InChI is InChI=1S/C28H30N4O2/c29-26(20-10-12-21(13-11-20)27(33)31-22-14-16-30-17-15-22)25-9-4-18-32(25)28(34)24-8-3-6-19-5-1-2-7-23(19)24/h1-2,5,7,10-17,24-26H,3-4,6,8-9,18,29H2,(H,30,31,33)/t24-,25-,26+/m1/s1. The summed E-state index contributed by atoms with van der Waals surface area (Å²) >= 11 is 0. The highest BCUT2D eigenvalue weighted by molar-refractivity contribution is 6.04. The molecule has 6 nitrogen and oxygen atoms in total. The van der Waals surface area contributed by atoms with Crippen molar-refractivity contribution in [3.8, 4) is 0 Å². The van der Waals surface area contributed by atoms with E-state index in [9.17, 15) is 9.59 Å². The summed E-state index contributed by atoms with van der Waals surface area (Å²) in [4.78, 5) is 32.2. The van der Waals surface area contributed by atoms with E-state index in [-0.39, 0.29) is 29.8 Å². The molecular weight excluding hydrogens is 424 g/mol. The van der Waals surface area contributed by atoms with Crippen LogP contribution in [0, 0.1) is 0 Å². The quantitative estimate of drug-likeness (QED) is 0.596. The molecule has 3 N–H and O–H groups in total. The molecule has 5 rings (SSSR count). The summed E-state index contributed by atoms with van der Waals surface area (Å²) in [5.74, 6) is -0.0459. The van der Waals surface area contributed by atoms with Gasteiger partial charge in [-0.25, -0.2) is 0 Å². The first-order valence-corrected chi connectivity index (χ1v) is 12.1. The van der Waals surface area contributed by atoms with E-state index in [1.54, 1.807) is 36.7 Å². The fourth-order valence-electron chi connectivity index (χ4n) is 5.37. The Morgan fingerprint density at radius 2 is 1.74 bits per heavy atom. The van der Waals surface area contributed by atoms with Crippen LogP contribution < -0.4 is 11.1 Å². The molecule has 2 heterocycles. The number of nitrogens with zero attached hydrogens (tertiary/aromatic N) is 2. The predicted molar refractivity (Wildman–Crippen MR) is 132 cm³/mol. The first-order valence-electron chi connectivity index (χ1n) is 12.1. The number of fused-ring (bicyclic) bond motifs is 1. The number of nitrogens with two attached hydrogens (primary N) is 1. The number of anilines is 1. The Morgan fingerprint density at radius 3 is 2.53 bits per heavy atom. The van der Waals surface area contributed by atoms with Crippen molar-refractivity contribution in [1.29, 1.82) is 0 Å². The highest BCUT2D eigenvalue weighted by Gasteiger charge is 2.38. The number of carbonyl (C=O) groups is 2. The molecule has 1 aliphatic carbocycles. The SMILES string of the molecule is N[C@@H](c1ccc(C(=O)Nc2ccncc2)cc1)[C@H]1CCCN1C(=O)[C@@H]1CCCc2ccccc21. The average molecular weight is 455 g/mol. The normalized spacial score (nSPS) is 20.4. The molecule has 1 saturated heterocycles. The van der Waals surface area contributed by atoms with Crippen molar-refractivity contribution < 1.29 is 9.59 Å². The molecule has 0 bridgehead atoms. The Balaban J connectivity index is 1.29. The van der Waals surface area contributed by atoms with Gasteiger partial charge >= 0.3 is 0 Å². The third-order valence-electron chi connectivity index (χ3n) is 7.16. The van der Waals surface area contributed by atoms with Crippen LogP contribution in [0.1, 0.15) is 64.7 Å². The first-order chi connectivity index (χ1) is 16.6. The largest absolute Gasteiger partial charge is 0.337 e. The Morgan fingerprint density at radius 1 is 0.971 bits per heavy atom. The van der Waals surface area contributed by atoms with Crippen LogP contribution in [0.3, 0.4) is 0 Å². The molecule has 174 valence electrons. The van der Waals surface area contributed by atoms with Crippen molar-refractivity contribution in [1.82, 2.24) is 9.88 Å². The lowest BCUT2D eigenvalue weighted by atomic mass is 9.82. The second-order valence-corrected chi connectivity index (χ2v) is 9.22. The van der Waals surface area contributed by atoms with E-state index < -0.39 is 0 Å². The van der Waals surface area contributed by atoms with Crippen LogP contribution in [0.2, 0.25) is 0 Å². The fourth-order valence-corrected chi connectivity index (χ4v) is 5.37. The third kappa shape index (κ3) is 4.46. The lowest BCUT2D eigenvalue weighted by Gasteiger charge is -2.34. The average Bonchev–Trinajstić information content (AvgIpc) is 3.38. The van der Waals surface area contributed by atoms with Crippen LogP contribution in [-0.2, 0) is 11.2 Å². The molecule has 1 aromatic heterocycles. The van der Waals surface area contributed by atoms with E-state index >= 15 is 0 Å². The second kappa shape index (κ2) is 9.77. The van der Waals surface area contributed by atoms with E-state index in [2.05, 4.69) is 28.5 Å². The number of amides is 2. The number of aromatic nitrogens is 1. The number of rotatable bonds is 5. The molecule has 3 aromatic rings. The lowest BCUT2D eigenvalue weighted by Crippen LogP contribution is -2.44. The topological polar surface area (TPSA) is 88.3 Å². The zero-order valence-corrected chi connectivity index (χ0v) is 19.2. The van der Waals surface area contributed by atoms with E-state index in [0.717, 1.165) is 44.2 Å². The Bertz CT molecular complexity index is 1160. The predicted octanol–water partition coefficient (Wildman–Crippen LogP) is 4.44. The minimum absolute atomic E-state index is 0.0296. The fraction of sp³-hybridized carbons (Fsp3) is 0.321. The number of aryl methyl sites for hydroxylation is 1. The molecule has 3 atom stereocenters. The molecule has 2 amide bonds. The highest BCUT2D eigenvalue weighted by Crippen LogP contribution is 2.36. The summed E-state index contributed by atoms with van der Waals surface area (Å²) in [6.07, 6.45) is 8.12. The van der Waals surface area contributed by atoms with Gasteiger partial charge in [-0.2, -0.15) is 0 Å². The summed E-state index contributed by atoms with van der Waals surface area (Å²) in [7, 11) is 0. The van der Waals surface area contributed by atoms with E-state index in [0.29, 0.717) is 11.3 Å². The van der Waals surface area contributed by atoms with Gasteiger partial charge in [0.1, 0.15) is 0 Å². The molecule has 0 unspecified atom stereocenters. The summed E-state index contributed by atoms with van der Waals surface area (Å²) in [6.45, 7) is 0.752. The Kier molecular flexibility index (Phi) is 6.41. The summed E-state index contributed by atoms with van der Waals surface area (Å²) in [5, 5.41) is 2.87. The zero-order valence-electron chi connectivity index (χ0n) is 19.2. The van der Waals surface area contributed by atoms with Crippen LogP contribution in [0.25, 0.3) is 0 Å². The maximum absolute atomic E-state index is 13.6. The van der Waals surface area contributed by atoms with Crippen molar-refractivity contribution in [3.63, 3.8) is 0 Å². The number of pyridine rings is 1. The Hall–Kier alpha value is -3.51. The molecular formula is C28H30N4O2. The molecule has 0 radical (unpaired) electrons. The maximum atomic E-state index is 13.6. The lowest BCUT2D eigenvalue weighted by molar-refractivity contribution is -0.134. The molecule has 1 aliphatic heterocycles. The number of benzene rings is 2. The van der Waals surface area contributed by atoms with Gasteiger partial charge in [0.05, 0.1) is 18.0 Å². The zero-order chi connectivity index (χ0) is 23.5. The molecule has 0 spiro atoms. The molecule has 0 saturated carbocycles. The van der Waals surface area contributed by atoms with Gasteiger partial charge in [0, 0.05) is 30.2 Å². The highest BCUT2D eigenvalue weighted by atomic mass is 16.2. The van der Waals surface area contributed by atoms with Gasteiger partial charge in [-0.1, -0.05) is 36.4 Å². The maximum Gasteiger partial charge on any atom is 0.255 e. The molecule has 6 heteroatoms. The summed E-state index contributed by atoms with van der Waals surface area (Å²) < 4.78 is 0. The summed E-state index contributed by atoms with van der Waals surface area (Å²) in [5.41, 5.74) is 11.4. The Labute approximate surface area is 200 Å².